The largest absolute Gasteiger partial charge is 0.292 e. The Balaban J connectivity index is 0.961. The molecular weight excluding hydrogens is 845 g/mol. The van der Waals surface area contributed by atoms with E-state index in [1.807, 2.05) is 9.36 Å². The van der Waals surface area contributed by atoms with Crippen LogP contribution in [-0.4, -0.2) is 38.7 Å². The Morgan fingerprint density at radius 1 is 0.435 bits per heavy atom. The zero-order valence-electron chi connectivity index (χ0n) is 40.8. The van der Waals surface area contributed by atoms with Crippen molar-refractivity contribution in [3.05, 3.63) is 168 Å². The fraction of sp³-hybridized carbons (Fsp3) is 0.344. The molecule has 0 spiro atoms. The molecule has 4 aromatic carbocycles. The van der Waals surface area contributed by atoms with Gasteiger partial charge in [-0.2, -0.15) is 0 Å². The lowest BCUT2D eigenvalue weighted by Gasteiger charge is -2.34. The maximum Gasteiger partial charge on any atom is 0.160 e. The molecule has 2 aliphatic carbocycles. The lowest BCUT2D eigenvalue weighted by Crippen LogP contribution is -2.25. The van der Waals surface area contributed by atoms with Crippen molar-refractivity contribution in [2.24, 2.45) is 10.8 Å². The molecule has 2 saturated carbocycles. The third-order valence-corrected chi connectivity index (χ3v) is 16.4. The van der Waals surface area contributed by atoms with Crippen LogP contribution in [0.4, 0.5) is 0 Å². The molecule has 0 radical (unpaired) electrons. The summed E-state index contributed by atoms with van der Waals surface area (Å²) in [5.74, 6) is 3.42. The van der Waals surface area contributed by atoms with Crippen LogP contribution in [0.3, 0.4) is 0 Å². The monoisotopic (exact) mass is 909 g/mol. The van der Waals surface area contributed by atoms with E-state index >= 15 is 0 Å². The van der Waals surface area contributed by atoms with Gasteiger partial charge < -0.3 is 0 Å². The number of fused-ring (bicyclic) bond motifs is 6. The van der Waals surface area contributed by atoms with E-state index in [-0.39, 0.29) is 0 Å². The number of aryl methyl sites for hydroxylation is 2. The molecule has 348 valence electrons. The van der Waals surface area contributed by atoms with Gasteiger partial charge in [0.1, 0.15) is 0 Å². The van der Waals surface area contributed by atoms with Gasteiger partial charge in [-0.3, -0.25) is 9.13 Å². The molecule has 8 heteroatoms. The second-order valence-corrected chi connectivity index (χ2v) is 21.8. The number of rotatable bonds is 12. The predicted octanol–water partition coefficient (Wildman–Crippen LogP) is 15.2. The Morgan fingerprint density at radius 3 is 1.14 bits per heavy atom. The molecule has 0 amide bonds. The SMILES string of the molecule is CC1(CCc2cc(-n3ccc(-n4c5ccccc5c5ccccc54)n3)nc(C(C)(C)c3cc(CCC4(C)CCCCC4)cc(-n4ccc(-n5c6ccccc6c6ccccc65)n4)n3)c2)CCCCC1. The molecule has 2 aliphatic rings. The van der Waals surface area contributed by atoms with Crippen LogP contribution >= 0.6 is 0 Å². The summed E-state index contributed by atoms with van der Waals surface area (Å²) in [4.78, 5) is 11.1. The van der Waals surface area contributed by atoms with Gasteiger partial charge in [0.25, 0.3) is 0 Å². The van der Waals surface area contributed by atoms with Crippen LogP contribution in [0.2, 0.25) is 0 Å². The molecule has 12 rings (SSSR count). The van der Waals surface area contributed by atoms with Crippen molar-refractivity contribution >= 4 is 43.6 Å². The van der Waals surface area contributed by atoms with Crippen molar-refractivity contribution in [1.82, 2.24) is 38.7 Å². The van der Waals surface area contributed by atoms with Crippen molar-refractivity contribution < 1.29 is 0 Å². The van der Waals surface area contributed by atoms with Gasteiger partial charge in [0.2, 0.25) is 0 Å². The number of hydrogen-bond acceptors (Lipinski definition) is 4. The van der Waals surface area contributed by atoms with Crippen molar-refractivity contribution in [3.63, 3.8) is 0 Å². The predicted molar refractivity (Wildman–Crippen MR) is 283 cm³/mol. The molecular formula is C61H64N8. The molecule has 6 aromatic heterocycles. The molecule has 0 atom stereocenters. The minimum Gasteiger partial charge on any atom is -0.292 e. The van der Waals surface area contributed by atoms with Crippen LogP contribution in [0, 0.1) is 10.8 Å². The number of aromatic nitrogens is 8. The second-order valence-electron chi connectivity index (χ2n) is 21.8. The van der Waals surface area contributed by atoms with Gasteiger partial charge in [0.15, 0.2) is 23.3 Å². The fourth-order valence-electron chi connectivity index (χ4n) is 12.1. The topological polar surface area (TPSA) is 71.3 Å². The number of pyridine rings is 2. The van der Waals surface area contributed by atoms with Crippen LogP contribution in [0.25, 0.3) is 66.9 Å². The highest BCUT2D eigenvalue weighted by molar-refractivity contribution is 6.10. The lowest BCUT2D eigenvalue weighted by atomic mass is 9.72. The zero-order valence-corrected chi connectivity index (χ0v) is 40.8. The number of hydrogen-bond donors (Lipinski definition) is 0. The van der Waals surface area contributed by atoms with Crippen LogP contribution < -0.4 is 0 Å². The summed E-state index contributed by atoms with van der Waals surface area (Å²) < 4.78 is 8.55. The van der Waals surface area contributed by atoms with E-state index in [0.29, 0.717) is 10.8 Å². The van der Waals surface area contributed by atoms with E-state index in [0.717, 1.165) is 82.4 Å². The maximum absolute atomic E-state index is 5.57. The Bertz CT molecular complexity index is 3150. The van der Waals surface area contributed by atoms with Gasteiger partial charge in [0.05, 0.1) is 33.5 Å². The second kappa shape index (κ2) is 17.3. The summed E-state index contributed by atoms with van der Waals surface area (Å²) in [6.45, 7) is 9.64. The van der Waals surface area contributed by atoms with Crippen LogP contribution in [0.15, 0.2) is 146 Å². The van der Waals surface area contributed by atoms with Crippen LogP contribution in [0.1, 0.15) is 127 Å². The van der Waals surface area contributed by atoms with Crippen LogP contribution in [-0.2, 0) is 18.3 Å². The van der Waals surface area contributed by atoms with Gasteiger partial charge in [0, 0.05) is 51.5 Å². The third kappa shape index (κ3) is 8.05. The van der Waals surface area contributed by atoms with Crippen LogP contribution in [0.5, 0.6) is 0 Å². The summed E-state index contributed by atoms with van der Waals surface area (Å²) in [7, 11) is 0. The molecule has 69 heavy (non-hydrogen) atoms. The molecule has 0 bridgehead atoms. The Morgan fingerprint density at radius 2 is 0.783 bits per heavy atom. The Labute approximate surface area is 406 Å². The molecule has 0 unspecified atom stereocenters. The third-order valence-electron chi connectivity index (χ3n) is 16.4. The van der Waals surface area contributed by atoms with E-state index in [2.05, 4.69) is 183 Å². The first-order valence-electron chi connectivity index (χ1n) is 25.7. The number of para-hydroxylation sites is 4. The van der Waals surface area contributed by atoms with Crippen molar-refractivity contribution in [3.8, 4) is 23.3 Å². The quantitative estimate of drug-likeness (QED) is 0.122. The molecule has 0 N–H and O–H groups in total. The van der Waals surface area contributed by atoms with E-state index < -0.39 is 5.41 Å². The Kier molecular flexibility index (Phi) is 10.9. The summed E-state index contributed by atoms with van der Waals surface area (Å²) in [6, 6.07) is 48.1. The zero-order chi connectivity index (χ0) is 46.7. The highest BCUT2D eigenvalue weighted by atomic mass is 15.4. The normalized spacial score (nSPS) is 16.3. The standard InChI is InChI=1S/C61H64N8/c1-59(2,53-39-43(27-35-60(3)31-15-5-16-32-60)41-57(62-53)66-37-29-55(64-66)68-49-23-11-7-19-45(49)46-20-8-12-24-50(46)68)54-40-44(28-36-61(4)33-17-6-18-34-61)42-58(63-54)67-38-30-56(65-67)69-51-25-13-9-21-47(51)48-22-10-14-26-52(48)69/h7-14,19-26,29-30,37-42H,5-6,15-18,27-28,31-36H2,1-4H3. The summed E-state index contributed by atoms with van der Waals surface area (Å²) >= 11 is 0. The molecule has 8 nitrogen and oxygen atoms in total. The van der Waals surface area contributed by atoms with Gasteiger partial charge in [-0.25, -0.2) is 19.3 Å². The van der Waals surface area contributed by atoms with Crippen molar-refractivity contribution in [2.45, 2.75) is 123 Å². The van der Waals surface area contributed by atoms with Gasteiger partial charge >= 0.3 is 0 Å². The Hall–Kier alpha value is -6.80. The molecule has 10 aromatic rings. The first-order valence-corrected chi connectivity index (χ1v) is 25.7. The summed E-state index contributed by atoms with van der Waals surface area (Å²) in [5, 5.41) is 15.5. The smallest absolute Gasteiger partial charge is 0.160 e. The average molecular weight is 909 g/mol. The molecule has 6 heterocycles. The van der Waals surface area contributed by atoms with Gasteiger partial charge in [-0.1, -0.05) is 125 Å². The van der Waals surface area contributed by atoms with Crippen molar-refractivity contribution in [2.75, 3.05) is 0 Å². The highest BCUT2D eigenvalue weighted by Gasteiger charge is 2.32. The van der Waals surface area contributed by atoms with E-state index in [9.17, 15) is 0 Å². The minimum absolute atomic E-state index is 0.356. The average Bonchev–Trinajstić information content (AvgIpc) is 4.20. The van der Waals surface area contributed by atoms with Gasteiger partial charge in [-0.05, 0) is 136 Å². The maximum atomic E-state index is 5.57. The molecule has 2 fully saturated rings. The van der Waals surface area contributed by atoms with Gasteiger partial charge in [-0.15, -0.1) is 10.2 Å². The summed E-state index contributed by atoms with van der Waals surface area (Å²) in [5.41, 5.74) is 9.34. The first-order chi connectivity index (χ1) is 33.6. The number of nitrogens with zero attached hydrogens (tertiary/aromatic N) is 8. The molecule has 0 aliphatic heterocycles. The first kappa shape index (κ1) is 43.5. The van der Waals surface area contributed by atoms with E-state index in [1.165, 1.54) is 96.9 Å². The molecule has 0 saturated heterocycles. The van der Waals surface area contributed by atoms with E-state index in [4.69, 9.17) is 20.2 Å². The van der Waals surface area contributed by atoms with Crippen molar-refractivity contribution in [1.29, 1.82) is 0 Å². The highest BCUT2D eigenvalue weighted by Crippen LogP contribution is 2.42. The van der Waals surface area contributed by atoms with E-state index in [1.54, 1.807) is 0 Å². The fourth-order valence-corrected chi connectivity index (χ4v) is 12.1. The minimum atomic E-state index is -0.551. The summed E-state index contributed by atoms with van der Waals surface area (Å²) in [6.07, 6.45) is 21.7. The number of benzene rings is 4. The lowest BCUT2D eigenvalue weighted by molar-refractivity contribution is 0.199.